The molecular weight excluding hydrogens is 317 g/mol. The maximum Gasteiger partial charge on any atom is 0.316 e. The lowest BCUT2D eigenvalue weighted by Crippen LogP contribution is -2.25. The van der Waals surface area contributed by atoms with Gasteiger partial charge in [0.05, 0.1) is 5.41 Å². The number of hydrogen-bond acceptors (Lipinski definition) is 3. The van der Waals surface area contributed by atoms with Crippen molar-refractivity contribution < 1.29 is 13.9 Å². The van der Waals surface area contributed by atoms with Crippen LogP contribution < -0.4 is 10.1 Å². The van der Waals surface area contributed by atoms with Gasteiger partial charge in [0, 0.05) is 6.04 Å². The number of ether oxygens (including phenoxy) is 1. The van der Waals surface area contributed by atoms with Crippen molar-refractivity contribution in [2.45, 2.75) is 39.7 Å². The monoisotopic (exact) mass is 343 g/mol. The van der Waals surface area contributed by atoms with Gasteiger partial charge < -0.3 is 10.1 Å². The van der Waals surface area contributed by atoms with Crippen LogP contribution in [0.5, 0.6) is 5.75 Å². The standard InChI is InChI=1S/C21H26FNO2/c1-21(2,3)20(24)25-18-12-8-16(9-13-18)19(23-4)14-7-15-5-10-17(22)11-6-15/h5-6,8-13,19,23H,7,14H2,1-4H3. The molecule has 0 bridgehead atoms. The quantitative estimate of drug-likeness (QED) is 0.612. The lowest BCUT2D eigenvalue weighted by atomic mass is 9.97. The highest BCUT2D eigenvalue weighted by Gasteiger charge is 2.23. The van der Waals surface area contributed by atoms with E-state index in [4.69, 9.17) is 4.74 Å². The summed E-state index contributed by atoms with van der Waals surface area (Å²) in [5, 5.41) is 3.30. The van der Waals surface area contributed by atoms with E-state index in [2.05, 4.69) is 5.32 Å². The summed E-state index contributed by atoms with van der Waals surface area (Å²) >= 11 is 0. The summed E-state index contributed by atoms with van der Waals surface area (Å²) in [6.07, 6.45) is 1.75. The molecule has 0 saturated heterocycles. The Balaban J connectivity index is 1.98. The molecule has 4 heteroatoms. The lowest BCUT2D eigenvalue weighted by Gasteiger charge is -2.18. The Morgan fingerprint density at radius 1 is 1.08 bits per heavy atom. The van der Waals surface area contributed by atoms with Gasteiger partial charge in [-0.3, -0.25) is 4.79 Å². The van der Waals surface area contributed by atoms with Gasteiger partial charge in [-0.2, -0.15) is 0 Å². The first kappa shape index (κ1) is 19.1. The van der Waals surface area contributed by atoms with E-state index in [1.807, 2.05) is 64.2 Å². The zero-order valence-corrected chi connectivity index (χ0v) is 15.3. The molecule has 0 amide bonds. The van der Waals surface area contributed by atoms with Crippen LogP contribution >= 0.6 is 0 Å². The van der Waals surface area contributed by atoms with Crippen LogP contribution in [-0.2, 0) is 11.2 Å². The second kappa shape index (κ2) is 8.26. The SMILES string of the molecule is CNC(CCc1ccc(F)cc1)c1ccc(OC(=O)C(C)(C)C)cc1. The molecule has 1 N–H and O–H groups in total. The van der Waals surface area contributed by atoms with Crippen molar-refractivity contribution >= 4 is 5.97 Å². The van der Waals surface area contributed by atoms with Crippen molar-refractivity contribution in [1.29, 1.82) is 0 Å². The van der Waals surface area contributed by atoms with E-state index in [1.54, 1.807) is 0 Å². The molecule has 0 fully saturated rings. The fraction of sp³-hybridized carbons (Fsp3) is 0.381. The van der Waals surface area contributed by atoms with Crippen LogP contribution in [0.3, 0.4) is 0 Å². The van der Waals surface area contributed by atoms with Crippen molar-refractivity contribution in [3.8, 4) is 5.75 Å². The molecule has 0 aliphatic rings. The third-order valence-corrected chi connectivity index (χ3v) is 4.09. The number of hydrogen-bond donors (Lipinski definition) is 1. The van der Waals surface area contributed by atoms with E-state index < -0.39 is 5.41 Å². The Kier molecular flexibility index (Phi) is 6.32. The summed E-state index contributed by atoms with van der Waals surface area (Å²) < 4.78 is 18.4. The second-order valence-corrected chi connectivity index (χ2v) is 7.21. The number of esters is 1. The first-order chi connectivity index (χ1) is 11.8. The predicted octanol–water partition coefficient (Wildman–Crippen LogP) is 4.67. The smallest absolute Gasteiger partial charge is 0.316 e. The predicted molar refractivity (Wildman–Crippen MR) is 98.1 cm³/mol. The van der Waals surface area contributed by atoms with Gasteiger partial charge in [-0.15, -0.1) is 0 Å². The van der Waals surface area contributed by atoms with E-state index in [1.165, 1.54) is 12.1 Å². The van der Waals surface area contributed by atoms with Crippen LogP contribution in [0.2, 0.25) is 0 Å². The van der Waals surface area contributed by atoms with Gasteiger partial charge in [0.1, 0.15) is 11.6 Å². The summed E-state index contributed by atoms with van der Waals surface area (Å²) in [6.45, 7) is 5.49. The van der Waals surface area contributed by atoms with Gasteiger partial charge in [0.2, 0.25) is 0 Å². The Morgan fingerprint density at radius 3 is 2.20 bits per heavy atom. The Labute approximate surface area is 149 Å². The number of benzene rings is 2. The lowest BCUT2D eigenvalue weighted by molar-refractivity contribution is -0.142. The van der Waals surface area contributed by atoms with Crippen molar-refractivity contribution in [2.75, 3.05) is 7.05 Å². The molecule has 0 heterocycles. The maximum atomic E-state index is 13.0. The summed E-state index contributed by atoms with van der Waals surface area (Å²) in [7, 11) is 1.92. The maximum absolute atomic E-state index is 13.0. The topological polar surface area (TPSA) is 38.3 Å². The minimum Gasteiger partial charge on any atom is -0.426 e. The van der Waals surface area contributed by atoms with Crippen LogP contribution in [0, 0.1) is 11.2 Å². The Bertz CT molecular complexity index is 687. The Hall–Kier alpha value is -2.20. The average Bonchev–Trinajstić information content (AvgIpc) is 2.57. The number of rotatable bonds is 6. The summed E-state index contributed by atoms with van der Waals surface area (Å²) in [4.78, 5) is 11.9. The molecule has 1 atom stereocenters. The van der Waals surface area contributed by atoms with E-state index in [-0.39, 0.29) is 17.8 Å². The minimum absolute atomic E-state index is 0.178. The Morgan fingerprint density at radius 2 is 1.68 bits per heavy atom. The molecule has 0 saturated carbocycles. The highest BCUT2D eigenvalue weighted by molar-refractivity contribution is 5.77. The van der Waals surface area contributed by atoms with Gasteiger partial charge in [0.25, 0.3) is 0 Å². The molecule has 25 heavy (non-hydrogen) atoms. The number of nitrogens with one attached hydrogen (secondary N) is 1. The highest BCUT2D eigenvalue weighted by atomic mass is 19.1. The van der Waals surface area contributed by atoms with Crippen molar-refractivity contribution in [3.63, 3.8) is 0 Å². The van der Waals surface area contributed by atoms with Crippen LogP contribution in [0.15, 0.2) is 48.5 Å². The molecule has 0 aromatic heterocycles. The molecule has 0 aliphatic heterocycles. The molecule has 0 radical (unpaired) electrons. The largest absolute Gasteiger partial charge is 0.426 e. The zero-order valence-electron chi connectivity index (χ0n) is 15.3. The molecule has 1 unspecified atom stereocenters. The van der Waals surface area contributed by atoms with Gasteiger partial charge in [-0.25, -0.2) is 4.39 Å². The van der Waals surface area contributed by atoms with Crippen LogP contribution in [0.4, 0.5) is 4.39 Å². The second-order valence-electron chi connectivity index (χ2n) is 7.21. The van der Waals surface area contributed by atoms with Crippen LogP contribution in [0.25, 0.3) is 0 Å². The minimum atomic E-state index is -0.526. The summed E-state index contributed by atoms with van der Waals surface area (Å²) in [6, 6.07) is 14.4. The average molecular weight is 343 g/mol. The normalized spacial score (nSPS) is 12.7. The third kappa shape index (κ3) is 5.68. The first-order valence-electron chi connectivity index (χ1n) is 8.53. The van der Waals surface area contributed by atoms with Gasteiger partial charge >= 0.3 is 5.97 Å². The molecule has 2 aromatic carbocycles. The van der Waals surface area contributed by atoms with Crippen LogP contribution in [0.1, 0.15) is 44.4 Å². The summed E-state index contributed by atoms with van der Waals surface area (Å²) in [5.41, 5.74) is 1.71. The highest BCUT2D eigenvalue weighted by Crippen LogP contribution is 2.24. The molecule has 2 rings (SSSR count). The number of aryl methyl sites for hydroxylation is 1. The van der Waals surface area contributed by atoms with E-state index in [0.29, 0.717) is 5.75 Å². The molecule has 0 aliphatic carbocycles. The number of carbonyl (C=O) groups is 1. The molecule has 0 spiro atoms. The zero-order chi connectivity index (χ0) is 18.4. The van der Waals surface area contributed by atoms with Crippen molar-refractivity contribution in [2.24, 2.45) is 5.41 Å². The van der Waals surface area contributed by atoms with E-state index in [9.17, 15) is 9.18 Å². The van der Waals surface area contributed by atoms with Crippen molar-refractivity contribution in [3.05, 3.63) is 65.5 Å². The fourth-order valence-electron chi connectivity index (χ4n) is 2.47. The number of halogens is 1. The van der Waals surface area contributed by atoms with E-state index >= 15 is 0 Å². The molecular formula is C21H26FNO2. The van der Waals surface area contributed by atoms with Crippen molar-refractivity contribution in [1.82, 2.24) is 5.32 Å². The van der Waals surface area contributed by atoms with Gasteiger partial charge in [-0.1, -0.05) is 24.3 Å². The van der Waals surface area contributed by atoms with Gasteiger partial charge in [0.15, 0.2) is 0 Å². The molecule has 3 nitrogen and oxygen atoms in total. The fourth-order valence-corrected chi connectivity index (χ4v) is 2.47. The van der Waals surface area contributed by atoms with E-state index in [0.717, 1.165) is 24.0 Å². The first-order valence-corrected chi connectivity index (χ1v) is 8.53. The van der Waals surface area contributed by atoms with Gasteiger partial charge in [-0.05, 0) is 76.1 Å². The summed E-state index contributed by atoms with van der Waals surface area (Å²) in [5.74, 6) is 0.0908. The molecule has 134 valence electrons. The third-order valence-electron chi connectivity index (χ3n) is 4.09. The number of carbonyl (C=O) groups excluding carboxylic acids is 1. The molecule has 2 aromatic rings. The van der Waals surface area contributed by atoms with Crippen LogP contribution in [-0.4, -0.2) is 13.0 Å².